The Balaban J connectivity index is 1.49. The molecule has 0 aromatic heterocycles. The van der Waals surface area contributed by atoms with E-state index in [9.17, 15) is 28.6 Å². The van der Waals surface area contributed by atoms with Gasteiger partial charge >= 0.3 is 0 Å². The first-order chi connectivity index (χ1) is 22.1. The fourth-order valence-corrected chi connectivity index (χ4v) is 6.41. The van der Waals surface area contributed by atoms with E-state index in [-0.39, 0.29) is 29.7 Å². The molecule has 0 radical (unpaired) electrons. The molecule has 1 heterocycles. The molecular weight excluding hydrogens is 588 g/mol. The van der Waals surface area contributed by atoms with E-state index in [0.717, 1.165) is 49.3 Å². The van der Waals surface area contributed by atoms with E-state index >= 15 is 0 Å². The summed E-state index contributed by atoms with van der Waals surface area (Å²) in [7, 11) is 0. The topological polar surface area (TPSA) is 102 Å². The van der Waals surface area contributed by atoms with Crippen LogP contribution in [0.3, 0.4) is 0 Å². The van der Waals surface area contributed by atoms with E-state index in [1.165, 1.54) is 12.1 Å². The molecule has 1 saturated heterocycles. The second-order valence-electron chi connectivity index (χ2n) is 12.6. The number of phenols is 1. The van der Waals surface area contributed by atoms with Crippen molar-refractivity contribution in [3.05, 3.63) is 100 Å². The van der Waals surface area contributed by atoms with Crippen molar-refractivity contribution < 1.29 is 28.6 Å². The summed E-state index contributed by atoms with van der Waals surface area (Å²) in [6, 6.07) is 14.3. The van der Waals surface area contributed by atoms with E-state index in [4.69, 9.17) is 0 Å². The molecule has 3 aromatic carbocycles. The van der Waals surface area contributed by atoms with Crippen LogP contribution in [0.15, 0.2) is 60.7 Å². The van der Waals surface area contributed by atoms with Gasteiger partial charge in [0, 0.05) is 36.3 Å². The average molecular weight is 636 g/mol. The van der Waals surface area contributed by atoms with Crippen molar-refractivity contribution in [3.8, 4) is 5.75 Å². The van der Waals surface area contributed by atoms with E-state index in [0.29, 0.717) is 43.1 Å². The van der Waals surface area contributed by atoms with Crippen molar-refractivity contribution in [3.63, 3.8) is 0 Å². The normalized spacial score (nSPS) is 17.7. The van der Waals surface area contributed by atoms with Crippen LogP contribution in [0, 0.1) is 24.5 Å². The van der Waals surface area contributed by atoms with Crippen LogP contribution in [0.5, 0.6) is 5.75 Å². The number of phenolic OH excluding ortho intramolecular Hbond substituents is 1. The average Bonchev–Trinajstić information content (AvgIpc) is 3.02. The Morgan fingerprint density at radius 1 is 0.957 bits per heavy atom. The molecule has 2 unspecified atom stereocenters. The summed E-state index contributed by atoms with van der Waals surface area (Å²) < 4.78 is 28.2. The van der Waals surface area contributed by atoms with Crippen LogP contribution in [0.25, 0.3) is 0 Å². The van der Waals surface area contributed by atoms with Crippen LogP contribution in [0.4, 0.5) is 8.78 Å². The maximum Gasteiger partial charge on any atom is 0.253 e. The number of aliphatic hydroxyl groups is 1. The SMILES string of the molecule is CCCN(CCC)C(=O)c1cc(C)cc(C(=O)N[C@@H](Cc2cc(F)cc(F)c2)[C@H](O)C2CCC(CCc3cccc(O)c3)CN2)c1. The molecule has 4 rings (SSSR count). The summed E-state index contributed by atoms with van der Waals surface area (Å²) >= 11 is 0. The summed E-state index contributed by atoms with van der Waals surface area (Å²) in [5, 5.41) is 27.7. The molecule has 46 heavy (non-hydrogen) atoms. The summed E-state index contributed by atoms with van der Waals surface area (Å²) in [6.07, 6.45) is 3.87. The molecule has 0 saturated carbocycles. The summed E-state index contributed by atoms with van der Waals surface area (Å²) in [4.78, 5) is 28.8. The summed E-state index contributed by atoms with van der Waals surface area (Å²) in [5.74, 6) is -1.46. The summed E-state index contributed by atoms with van der Waals surface area (Å²) in [5.41, 5.74) is 2.83. The van der Waals surface area contributed by atoms with Crippen molar-refractivity contribution >= 4 is 11.8 Å². The van der Waals surface area contributed by atoms with Crippen molar-refractivity contribution in [2.24, 2.45) is 5.92 Å². The number of rotatable bonds is 14. The zero-order valence-electron chi connectivity index (χ0n) is 27.1. The quantitative estimate of drug-likeness (QED) is 0.176. The molecule has 2 amide bonds. The van der Waals surface area contributed by atoms with Gasteiger partial charge in [0.15, 0.2) is 0 Å². The Morgan fingerprint density at radius 3 is 2.28 bits per heavy atom. The van der Waals surface area contributed by atoms with Crippen LogP contribution in [0.1, 0.15) is 83.4 Å². The second kappa shape index (κ2) is 16.7. The van der Waals surface area contributed by atoms with Gasteiger partial charge in [-0.1, -0.05) is 26.0 Å². The highest BCUT2D eigenvalue weighted by atomic mass is 19.1. The number of aromatic hydroxyl groups is 1. The van der Waals surface area contributed by atoms with Gasteiger partial charge in [-0.3, -0.25) is 9.59 Å². The van der Waals surface area contributed by atoms with E-state index in [1.807, 2.05) is 32.9 Å². The number of amides is 2. The number of carbonyl (C=O) groups excluding carboxylic acids is 2. The Morgan fingerprint density at radius 2 is 1.65 bits per heavy atom. The number of hydrogen-bond acceptors (Lipinski definition) is 5. The lowest BCUT2D eigenvalue weighted by Crippen LogP contribution is -2.56. The van der Waals surface area contributed by atoms with Gasteiger partial charge in [-0.2, -0.15) is 0 Å². The molecule has 0 aliphatic carbocycles. The molecule has 4 N–H and O–H groups in total. The Kier molecular flexibility index (Phi) is 12.7. The molecule has 4 atom stereocenters. The number of carbonyl (C=O) groups is 2. The predicted molar refractivity (Wildman–Crippen MR) is 176 cm³/mol. The lowest BCUT2D eigenvalue weighted by Gasteiger charge is -2.36. The number of halogens is 2. The standard InChI is InChI=1S/C37H47F2N3O4/c1-4-13-42(14-5-2)37(46)29-16-24(3)15-28(21-29)36(45)41-34(20-27-17-30(38)22-31(39)18-27)35(44)33-12-11-26(23-40-33)10-9-25-7-6-8-32(43)19-25/h6-8,15-19,21-22,26,33-35,40,43-44H,4-5,9-14,20,23H2,1-3H3,(H,41,45)/t26?,33?,34-,35+/m0/s1. The maximum atomic E-state index is 14.1. The molecule has 3 aromatic rings. The van der Waals surface area contributed by atoms with Gasteiger partial charge in [0.25, 0.3) is 11.8 Å². The van der Waals surface area contributed by atoms with E-state index in [1.54, 1.807) is 35.2 Å². The molecular formula is C37H47F2N3O4. The fraction of sp³-hybridized carbons (Fsp3) is 0.459. The van der Waals surface area contributed by atoms with Gasteiger partial charge in [-0.25, -0.2) is 8.78 Å². The van der Waals surface area contributed by atoms with Gasteiger partial charge in [0.1, 0.15) is 17.4 Å². The van der Waals surface area contributed by atoms with Crippen LogP contribution in [-0.2, 0) is 12.8 Å². The molecule has 9 heteroatoms. The van der Waals surface area contributed by atoms with Crippen LogP contribution < -0.4 is 10.6 Å². The van der Waals surface area contributed by atoms with Gasteiger partial charge in [0.05, 0.1) is 12.1 Å². The Labute approximate surface area is 271 Å². The van der Waals surface area contributed by atoms with Gasteiger partial charge in [0.2, 0.25) is 0 Å². The van der Waals surface area contributed by atoms with Crippen molar-refractivity contribution in [2.75, 3.05) is 19.6 Å². The van der Waals surface area contributed by atoms with Gasteiger partial charge in [-0.15, -0.1) is 0 Å². The lowest BCUT2D eigenvalue weighted by molar-refractivity contribution is 0.0595. The second-order valence-corrected chi connectivity index (χ2v) is 12.6. The molecule has 0 spiro atoms. The first-order valence-electron chi connectivity index (χ1n) is 16.4. The van der Waals surface area contributed by atoms with Gasteiger partial charge in [-0.05, 0) is 123 Å². The third-order valence-corrected chi connectivity index (χ3v) is 8.69. The third kappa shape index (κ3) is 9.84. The number of benzene rings is 3. The Hall–Kier alpha value is -3.82. The number of hydrogen-bond donors (Lipinski definition) is 4. The lowest BCUT2D eigenvalue weighted by atomic mass is 9.85. The first kappa shape index (κ1) is 35.0. The van der Waals surface area contributed by atoms with Gasteiger partial charge < -0.3 is 25.7 Å². The minimum absolute atomic E-state index is 0.0130. The maximum absolute atomic E-state index is 14.1. The molecule has 7 nitrogen and oxygen atoms in total. The highest BCUT2D eigenvalue weighted by Crippen LogP contribution is 2.25. The van der Waals surface area contributed by atoms with Crippen LogP contribution >= 0.6 is 0 Å². The highest BCUT2D eigenvalue weighted by molar-refractivity contribution is 6.00. The van der Waals surface area contributed by atoms with Crippen molar-refractivity contribution in [2.45, 2.75) is 83.9 Å². The number of aryl methyl sites for hydroxylation is 2. The van der Waals surface area contributed by atoms with E-state index in [2.05, 4.69) is 10.6 Å². The number of aliphatic hydroxyl groups excluding tert-OH is 1. The minimum atomic E-state index is -1.04. The van der Waals surface area contributed by atoms with E-state index < -0.39 is 29.7 Å². The number of nitrogens with one attached hydrogen (secondary N) is 2. The van der Waals surface area contributed by atoms with Crippen molar-refractivity contribution in [1.82, 2.24) is 15.5 Å². The minimum Gasteiger partial charge on any atom is -0.508 e. The summed E-state index contributed by atoms with van der Waals surface area (Å²) in [6.45, 7) is 7.75. The molecule has 1 aliphatic rings. The molecule has 1 fully saturated rings. The number of nitrogens with zero attached hydrogens (tertiary/aromatic N) is 1. The Bertz CT molecular complexity index is 1450. The predicted octanol–water partition coefficient (Wildman–Crippen LogP) is 5.94. The van der Waals surface area contributed by atoms with Crippen molar-refractivity contribution in [1.29, 1.82) is 0 Å². The monoisotopic (exact) mass is 635 g/mol. The molecule has 1 aliphatic heterocycles. The smallest absolute Gasteiger partial charge is 0.253 e. The van der Waals surface area contributed by atoms with Crippen LogP contribution in [0.2, 0.25) is 0 Å². The molecule has 248 valence electrons. The highest BCUT2D eigenvalue weighted by Gasteiger charge is 2.33. The third-order valence-electron chi connectivity index (χ3n) is 8.69. The molecule has 0 bridgehead atoms. The van der Waals surface area contributed by atoms with Crippen LogP contribution in [-0.4, -0.2) is 64.7 Å². The largest absolute Gasteiger partial charge is 0.508 e. The fourth-order valence-electron chi connectivity index (χ4n) is 6.41. The zero-order valence-corrected chi connectivity index (χ0v) is 27.1. The first-order valence-corrected chi connectivity index (χ1v) is 16.4. The zero-order chi connectivity index (χ0) is 33.2. The number of piperidine rings is 1.